The van der Waals surface area contributed by atoms with Crippen molar-refractivity contribution in [2.45, 2.75) is 19.9 Å². The van der Waals surface area contributed by atoms with Crippen molar-refractivity contribution in [1.82, 2.24) is 5.32 Å². The van der Waals surface area contributed by atoms with Gasteiger partial charge in [0.15, 0.2) is 0 Å². The Hall–Kier alpha value is -3.40. The summed E-state index contributed by atoms with van der Waals surface area (Å²) in [6.07, 6.45) is 0. The first-order valence-electron chi connectivity index (χ1n) is 8.88. The van der Waals surface area contributed by atoms with Crippen molar-refractivity contribution in [3.63, 3.8) is 0 Å². The number of amides is 2. The molecule has 27 heavy (non-hydrogen) atoms. The zero-order chi connectivity index (χ0) is 19.2. The molecule has 136 valence electrons. The summed E-state index contributed by atoms with van der Waals surface area (Å²) in [5.74, 6) is -0.462. The Kier molecular flexibility index (Phi) is 5.67. The number of nitrogens with one attached hydrogen (secondary N) is 2. The zero-order valence-electron chi connectivity index (χ0n) is 15.4. The van der Waals surface area contributed by atoms with Gasteiger partial charge >= 0.3 is 0 Å². The number of rotatable bonds is 5. The molecule has 0 spiro atoms. The average Bonchev–Trinajstić information content (AvgIpc) is 2.69. The maximum Gasteiger partial charge on any atom is 0.255 e. The number of aryl methyl sites for hydroxylation is 1. The van der Waals surface area contributed by atoms with Crippen LogP contribution < -0.4 is 10.6 Å². The van der Waals surface area contributed by atoms with Gasteiger partial charge in [-0.1, -0.05) is 60.7 Å². The van der Waals surface area contributed by atoms with E-state index in [2.05, 4.69) is 10.6 Å². The molecule has 4 nitrogen and oxygen atoms in total. The summed E-state index contributed by atoms with van der Waals surface area (Å²) in [7, 11) is 0. The van der Waals surface area contributed by atoms with Crippen LogP contribution in [0.1, 0.15) is 44.8 Å². The van der Waals surface area contributed by atoms with E-state index in [4.69, 9.17) is 0 Å². The fraction of sp³-hybridized carbons (Fsp3) is 0.130. The van der Waals surface area contributed by atoms with E-state index in [9.17, 15) is 9.59 Å². The van der Waals surface area contributed by atoms with E-state index in [1.165, 1.54) is 0 Å². The lowest BCUT2D eigenvalue weighted by Crippen LogP contribution is -2.28. The first kappa shape index (κ1) is 18.4. The molecule has 0 bridgehead atoms. The predicted octanol–water partition coefficient (Wildman–Crippen LogP) is 4.74. The lowest BCUT2D eigenvalue weighted by molar-refractivity contribution is 0.0941. The van der Waals surface area contributed by atoms with Crippen LogP contribution in [-0.2, 0) is 0 Å². The molecular formula is C23H22N2O2. The second kappa shape index (κ2) is 8.32. The first-order chi connectivity index (χ1) is 13.1. The molecule has 3 rings (SSSR count). The number of hydrogen-bond donors (Lipinski definition) is 2. The van der Waals surface area contributed by atoms with Gasteiger partial charge < -0.3 is 10.6 Å². The van der Waals surface area contributed by atoms with Crippen LogP contribution in [0.15, 0.2) is 78.9 Å². The quantitative estimate of drug-likeness (QED) is 0.692. The molecule has 0 heterocycles. The Balaban J connectivity index is 1.78. The van der Waals surface area contributed by atoms with E-state index in [1.807, 2.05) is 62.4 Å². The molecule has 0 saturated carbocycles. The molecule has 2 N–H and O–H groups in total. The van der Waals surface area contributed by atoms with Gasteiger partial charge in [-0.25, -0.2) is 0 Å². The molecule has 0 aliphatic heterocycles. The monoisotopic (exact) mass is 358 g/mol. The highest BCUT2D eigenvalue weighted by molar-refractivity contribution is 6.09. The second-order valence-electron chi connectivity index (χ2n) is 6.42. The maximum absolute atomic E-state index is 12.8. The van der Waals surface area contributed by atoms with E-state index in [1.54, 1.807) is 30.3 Å². The number of para-hydroxylation sites is 1. The minimum atomic E-state index is -0.232. The summed E-state index contributed by atoms with van der Waals surface area (Å²) in [5, 5.41) is 5.85. The Morgan fingerprint density at radius 1 is 0.741 bits per heavy atom. The van der Waals surface area contributed by atoms with Gasteiger partial charge in [0.1, 0.15) is 0 Å². The van der Waals surface area contributed by atoms with E-state index < -0.39 is 0 Å². The van der Waals surface area contributed by atoms with E-state index in [0.717, 1.165) is 11.1 Å². The van der Waals surface area contributed by atoms with Gasteiger partial charge in [0, 0.05) is 5.56 Å². The standard InChI is InChI=1S/C23H22N2O2/c1-16-10-6-7-13-19(16)22(26)25-21-15-9-8-14-20(21)23(27)24-17(2)18-11-4-3-5-12-18/h3-15,17H,1-2H3,(H,24,27)(H,25,26)/t17-/m1/s1. The van der Waals surface area contributed by atoms with Crippen molar-refractivity contribution < 1.29 is 9.59 Å². The van der Waals surface area contributed by atoms with Crippen LogP contribution in [0.4, 0.5) is 5.69 Å². The number of anilines is 1. The van der Waals surface area contributed by atoms with Crippen LogP contribution in [0, 0.1) is 6.92 Å². The van der Waals surface area contributed by atoms with Gasteiger partial charge in [-0.05, 0) is 43.2 Å². The SMILES string of the molecule is Cc1ccccc1C(=O)Nc1ccccc1C(=O)N[C@H](C)c1ccccc1. The Labute approximate surface area is 159 Å². The highest BCUT2D eigenvalue weighted by Crippen LogP contribution is 2.19. The summed E-state index contributed by atoms with van der Waals surface area (Å²) < 4.78 is 0. The highest BCUT2D eigenvalue weighted by Gasteiger charge is 2.17. The molecule has 0 fully saturated rings. The van der Waals surface area contributed by atoms with Crippen LogP contribution in [0.25, 0.3) is 0 Å². The normalized spacial score (nSPS) is 11.5. The van der Waals surface area contributed by atoms with Crippen molar-refractivity contribution in [3.8, 4) is 0 Å². The van der Waals surface area contributed by atoms with Gasteiger partial charge in [-0.3, -0.25) is 9.59 Å². The number of carbonyl (C=O) groups excluding carboxylic acids is 2. The van der Waals surface area contributed by atoms with Crippen molar-refractivity contribution in [1.29, 1.82) is 0 Å². The summed E-state index contributed by atoms with van der Waals surface area (Å²) in [6, 6.07) is 24.0. The van der Waals surface area contributed by atoms with Crippen LogP contribution in [-0.4, -0.2) is 11.8 Å². The smallest absolute Gasteiger partial charge is 0.255 e. The molecule has 0 radical (unpaired) electrons. The van der Waals surface area contributed by atoms with Crippen molar-refractivity contribution in [3.05, 3.63) is 101 Å². The van der Waals surface area contributed by atoms with E-state index >= 15 is 0 Å². The lowest BCUT2D eigenvalue weighted by Gasteiger charge is -2.16. The molecule has 0 unspecified atom stereocenters. The number of hydrogen-bond acceptors (Lipinski definition) is 2. The summed E-state index contributed by atoms with van der Waals surface area (Å²) in [4.78, 5) is 25.4. The van der Waals surface area contributed by atoms with Crippen LogP contribution >= 0.6 is 0 Å². The first-order valence-corrected chi connectivity index (χ1v) is 8.88. The highest BCUT2D eigenvalue weighted by atomic mass is 16.2. The van der Waals surface area contributed by atoms with Gasteiger partial charge in [0.25, 0.3) is 11.8 Å². The van der Waals surface area contributed by atoms with Gasteiger partial charge in [-0.2, -0.15) is 0 Å². The molecule has 0 saturated heterocycles. The van der Waals surface area contributed by atoms with Crippen LogP contribution in [0.3, 0.4) is 0 Å². The topological polar surface area (TPSA) is 58.2 Å². The summed E-state index contributed by atoms with van der Waals surface area (Å²) in [6.45, 7) is 3.82. The number of carbonyl (C=O) groups is 2. The third-order valence-corrected chi connectivity index (χ3v) is 4.46. The third-order valence-electron chi connectivity index (χ3n) is 4.46. The van der Waals surface area contributed by atoms with Crippen LogP contribution in [0.2, 0.25) is 0 Å². The van der Waals surface area contributed by atoms with Crippen LogP contribution in [0.5, 0.6) is 0 Å². The molecule has 2 amide bonds. The van der Waals surface area contributed by atoms with Crippen molar-refractivity contribution in [2.24, 2.45) is 0 Å². The summed E-state index contributed by atoms with van der Waals surface area (Å²) in [5.41, 5.74) is 3.41. The zero-order valence-corrected chi connectivity index (χ0v) is 15.4. The second-order valence-corrected chi connectivity index (χ2v) is 6.42. The Morgan fingerprint density at radius 3 is 2.04 bits per heavy atom. The fourth-order valence-electron chi connectivity index (χ4n) is 2.91. The van der Waals surface area contributed by atoms with Gasteiger partial charge in [-0.15, -0.1) is 0 Å². The fourth-order valence-corrected chi connectivity index (χ4v) is 2.91. The molecule has 3 aromatic rings. The molecule has 0 aliphatic carbocycles. The van der Waals surface area contributed by atoms with E-state index in [-0.39, 0.29) is 17.9 Å². The molecule has 3 aromatic carbocycles. The molecule has 0 aliphatic rings. The maximum atomic E-state index is 12.8. The predicted molar refractivity (Wildman–Crippen MR) is 108 cm³/mol. The molecular weight excluding hydrogens is 336 g/mol. The molecule has 4 heteroatoms. The molecule has 0 aromatic heterocycles. The largest absolute Gasteiger partial charge is 0.345 e. The number of benzene rings is 3. The van der Waals surface area contributed by atoms with Gasteiger partial charge in [0.2, 0.25) is 0 Å². The van der Waals surface area contributed by atoms with Crippen molar-refractivity contribution in [2.75, 3.05) is 5.32 Å². The average molecular weight is 358 g/mol. The minimum Gasteiger partial charge on any atom is -0.345 e. The Bertz CT molecular complexity index is 951. The minimum absolute atomic E-state index is 0.140. The third kappa shape index (κ3) is 4.42. The molecule has 1 atom stereocenters. The van der Waals surface area contributed by atoms with E-state index in [0.29, 0.717) is 16.8 Å². The van der Waals surface area contributed by atoms with Crippen molar-refractivity contribution >= 4 is 17.5 Å². The Morgan fingerprint density at radius 2 is 1.33 bits per heavy atom. The lowest BCUT2D eigenvalue weighted by atomic mass is 10.1. The van der Waals surface area contributed by atoms with Gasteiger partial charge in [0.05, 0.1) is 17.3 Å². The summed E-state index contributed by atoms with van der Waals surface area (Å²) >= 11 is 0.